The van der Waals surface area contributed by atoms with Crippen LogP contribution >= 0.6 is 0 Å². The van der Waals surface area contributed by atoms with Gasteiger partial charge >= 0.3 is 11.9 Å². The summed E-state index contributed by atoms with van der Waals surface area (Å²) in [6, 6.07) is 0. The number of carboxylic acid groups (broad SMARTS) is 2. The molecule has 0 fully saturated rings. The van der Waals surface area contributed by atoms with Gasteiger partial charge in [-0.3, -0.25) is 9.59 Å². The normalized spacial score (nSPS) is 13.8. The van der Waals surface area contributed by atoms with Crippen molar-refractivity contribution >= 4 is 11.9 Å². The van der Waals surface area contributed by atoms with Gasteiger partial charge in [0, 0.05) is 0 Å². The van der Waals surface area contributed by atoms with Crippen molar-refractivity contribution in [2.45, 2.75) is 97.3 Å². The molecule has 0 rings (SSSR count). The summed E-state index contributed by atoms with van der Waals surface area (Å²) in [6.07, 6.45) is 19.3. The first-order chi connectivity index (χ1) is 12.0. The fourth-order valence-corrected chi connectivity index (χ4v) is 3.02. The maximum absolute atomic E-state index is 11.1. The van der Waals surface area contributed by atoms with Crippen molar-refractivity contribution in [3.05, 3.63) is 12.2 Å². The summed E-state index contributed by atoms with van der Waals surface area (Å²) in [7, 11) is 0. The number of allylic oxidation sites excluding steroid dienone is 2. The molecule has 4 heteroatoms. The second-order valence-electron chi connectivity index (χ2n) is 7.09. The van der Waals surface area contributed by atoms with E-state index < -0.39 is 23.8 Å². The molecule has 146 valence electrons. The van der Waals surface area contributed by atoms with Gasteiger partial charge in [-0.15, -0.1) is 0 Å². The number of hydrogen-bond donors (Lipinski definition) is 2. The molecule has 4 nitrogen and oxygen atoms in total. The molecule has 0 saturated carbocycles. The molecule has 0 aromatic carbocycles. The van der Waals surface area contributed by atoms with Gasteiger partial charge in [0.1, 0.15) is 0 Å². The van der Waals surface area contributed by atoms with Crippen LogP contribution in [0.2, 0.25) is 0 Å². The van der Waals surface area contributed by atoms with Crippen molar-refractivity contribution in [1.29, 1.82) is 0 Å². The van der Waals surface area contributed by atoms with E-state index in [-0.39, 0.29) is 0 Å². The predicted molar refractivity (Wildman–Crippen MR) is 103 cm³/mol. The van der Waals surface area contributed by atoms with E-state index in [2.05, 4.69) is 19.1 Å². The topological polar surface area (TPSA) is 74.6 Å². The molecule has 2 unspecified atom stereocenters. The molecule has 0 aromatic rings. The fraction of sp³-hybridized carbons (Fsp3) is 0.810. The molecular formula is C21H38O4. The molecule has 0 aliphatic rings. The molecule has 0 radical (unpaired) electrons. The minimum absolute atomic E-state index is 0.455. The first-order valence-corrected chi connectivity index (χ1v) is 10.1. The maximum atomic E-state index is 11.1. The van der Waals surface area contributed by atoms with Gasteiger partial charge in [0.25, 0.3) is 0 Å². The number of hydrogen-bond acceptors (Lipinski definition) is 2. The molecule has 0 saturated heterocycles. The Morgan fingerprint density at radius 2 is 1.24 bits per heavy atom. The van der Waals surface area contributed by atoms with Crippen LogP contribution in [0.3, 0.4) is 0 Å². The summed E-state index contributed by atoms with van der Waals surface area (Å²) in [5.41, 5.74) is 0. The third kappa shape index (κ3) is 13.6. The number of carboxylic acids is 2. The van der Waals surface area contributed by atoms with Gasteiger partial charge in [0.2, 0.25) is 0 Å². The van der Waals surface area contributed by atoms with E-state index in [1.54, 1.807) is 0 Å². The minimum atomic E-state index is -1.03. The van der Waals surface area contributed by atoms with Crippen LogP contribution in [0.1, 0.15) is 97.3 Å². The van der Waals surface area contributed by atoms with Crippen LogP contribution in [-0.4, -0.2) is 22.2 Å². The average Bonchev–Trinajstić information content (AvgIpc) is 2.57. The number of carbonyl (C=O) groups is 2. The van der Waals surface area contributed by atoms with E-state index in [9.17, 15) is 9.59 Å². The largest absolute Gasteiger partial charge is 0.481 e. The Balaban J connectivity index is 3.55. The lowest BCUT2D eigenvalue weighted by molar-refractivity contribution is -0.153. The standard InChI is InChI=1S/C21H38O4/c1-3-4-5-6-7-8-9-10-11-12-13-14-15-16-17-19(21(24)25)18(2)20(22)23/h10-11,18-19H,3-9,12-17H2,1-2H3,(H,22,23)(H,24,25)/b11-10-. The molecule has 0 amide bonds. The zero-order valence-corrected chi connectivity index (χ0v) is 16.2. The number of rotatable bonds is 17. The van der Waals surface area contributed by atoms with Crippen LogP contribution in [0.15, 0.2) is 12.2 Å². The molecule has 2 atom stereocenters. The lowest BCUT2D eigenvalue weighted by atomic mass is 9.89. The van der Waals surface area contributed by atoms with Crippen molar-refractivity contribution in [2.75, 3.05) is 0 Å². The SMILES string of the molecule is CCCCCCCC/C=C\CCCCCCC(C(=O)O)C(C)C(=O)O. The Morgan fingerprint density at radius 3 is 1.72 bits per heavy atom. The Bertz CT molecular complexity index is 376. The van der Waals surface area contributed by atoms with Gasteiger partial charge < -0.3 is 10.2 Å². The monoisotopic (exact) mass is 354 g/mol. The van der Waals surface area contributed by atoms with E-state index in [1.165, 1.54) is 51.9 Å². The second kappa shape index (κ2) is 16.2. The van der Waals surface area contributed by atoms with E-state index in [0.29, 0.717) is 6.42 Å². The molecular weight excluding hydrogens is 316 g/mol. The van der Waals surface area contributed by atoms with Gasteiger partial charge in [-0.05, 0) is 32.1 Å². The van der Waals surface area contributed by atoms with Crippen LogP contribution in [0, 0.1) is 11.8 Å². The van der Waals surface area contributed by atoms with Crippen LogP contribution in [-0.2, 0) is 9.59 Å². The van der Waals surface area contributed by atoms with E-state index in [0.717, 1.165) is 32.1 Å². The molecule has 25 heavy (non-hydrogen) atoms. The summed E-state index contributed by atoms with van der Waals surface area (Å²) >= 11 is 0. The summed E-state index contributed by atoms with van der Waals surface area (Å²) < 4.78 is 0. The van der Waals surface area contributed by atoms with Crippen LogP contribution in [0.25, 0.3) is 0 Å². The lowest BCUT2D eigenvalue weighted by Crippen LogP contribution is -2.27. The summed E-state index contributed by atoms with van der Waals surface area (Å²) in [5.74, 6) is -3.60. The summed E-state index contributed by atoms with van der Waals surface area (Å²) in [6.45, 7) is 3.72. The number of aliphatic carboxylic acids is 2. The minimum Gasteiger partial charge on any atom is -0.481 e. The highest BCUT2D eigenvalue weighted by Gasteiger charge is 2.29. The van der Waals surface area contributed by atoms with Crippen molar-refractivity contribution in [1.82, 2.24) is 0 Å². The van der Waals surface area contributed by atoms with Gasteiger partial charge in [0.05, 0.1) is 11.8 Å². The number of unbranched alkanes of at least 4 members (excludes halogenated alkanes) is 10. The Labute approximate surface area is 153 Å². The highest BCUT2D eigenvalue weighted by atomic mass is 16.4. The van der Waals surface area contributed by atoms with Crippen molar-refractivity contribution < 1.29 is 19.8 Å². The van der Waals surface area contributed by atoms with Gasteiger partial charge in [0.15, 0.2) is 0 Å². The molecule has 0 aliphatic heterocycles. The third-order valence-electron chi connectivity index (χ3n) is 4.84. The zero-order chi connectivity index (χ0) is 18.9. The smallest absolute Gasteiger partial charge is 0.307 e. The molecule has 0 aliphatic carbocycles. The third-order valence-corrected chi connectivity index (χ3v) is 4.84. The Morgan fingerprint density at radius 1 is 0.760 bits per heavy atom. The second-order valence-corrected chi connectivity index (χ2v) is 7.09. The predicted octanol–water partition coefficient (Wildman–Crippen LogP) is 6.06. The maximum Gasteiger partial charge on any atom is 0.307 e. The van der Waals surface area contributed by atoms with Gasteiger partial charge in [-0.1, -0.05) is 77.4 Å². The van der Waals surface area contributed by atoms with Gasteiger partial charge in [-0.25, -0.2) is 0 Å². The van der Waals surface area contributed by atoms with Crippen LogP contribution < -0.4 is 0 Å². The highest BCUT2D eigenvalue weighted by molar-refractivity contribution is 5.79. The molecule has 0 heterocycles. The molecule has 0 spiro atoms. The molecule has 2 N–H and O–H groups in total. The fourth-order valence-electron chi connectivity index (χ4n) is 3.02. The lowest BCUT2D eigenvalue weighted by Gasteiger charge is -2.16. The quantitative estimate of drug-likeness (QED) is 0.246. The average molecular weight is 355 g/mol. The Kier molecular flexibility index (Phi) is 15.3. The van der Waals surface area contributed by atoms with Crippen molar-refractivity contribution in [3.8, 4) is 0 Å². The zero-order valence-electron chi connectivity index (χ0n) is 16.2. The Hall–Kier alpha value is -1.32. The van der Waals surface area contributed by atoms with Crippen LogP contribution in [0.4, 0.5) is 0 Å². The molecule has 0 bridgehead atoms. The first-order valence-electron chi connectivity index (χ1n) is 10.1. The van der Waals surface area contributed by atoms with E-state index >= 15 is 0 Å². The molecule has 0 aromatic heterocycles. The first kappa shape index (κ1) is 23.7. The van der Waals surface area contributed by atoms with E-state index in [4.69, 9.17) is 10.2 Å². The van der Waals surface area contributed by atoms with E-state index in [1.807, 2.05) is 0 Å². The summed E-state index contributed by atoms with van der Waals surface area (Å²) in [4.78, 5) is 22.1. The van der Waals surface area contributed by atoms with Crippen molar-refractivity contribution in [2.24, 2.45) is 11.8 Å². The summed E-state index contributed by atoms with van der Waals surface area (Å²) in [5, 5.41) is 18.1. The van der Waals surface area contributed by atoms with Crippen LogP contribution in [0.5, 0.6) is 0 Å². The van der Waals surface area contributed by atoms with Gasteiger partial charge in [-0.2, -0.15) is 0 Å². The van der Waals surface area contributed by atoms with Crippen molar-refractivity contribution in [3.63, 3.8) is 0 Å². The highest BCUT2D eigenvalue weighted by Crippen LogP contribution is 2.20.